The first-order valence-corrected chi connectivity index (χ1v) is 5.71. The molecule has 19 heavy (non-hydrogen) atoms. The molecule has 0 saturated carbocycles. The highest BCUT2D eigenvalue weighted by Crippen LogP contribution is 2.27. The van der Waals surface area contributed by atoms with Crippen molar-refractivity contribution in [3.63, 3.8) is 0 Å². The summed E-state index contributed by atoms with van der Waals surface area (Å²) in [5, 5.41) is 12.6. The summed E-state index contributed by atoms with van der Waals surface area (Å²) in [6.07, 6.45) is -0.240. The smallest absolute Gasteiger partial charge is 0.412 e. The molecule has 0 unspecified atom stereocenters. The zero-order valence-corrected chi connectivity index (χ0v) is 10.8. The maximum atomic E-state index is 10.9. The number of benzene rings is 1. The van der Waals surface area contributed by atoms with Crippen molar-refractivity contribution < 1.29 is 19.2 Å². The van der Waals surface area contributed by atoms with Crippen LogP contribution in [0.3, 0.4) is 0 Å². The summed E-state index contributed by atoms with van der Waals surface area (Å²) in [6, 6.07) is 4.55. The molecule has 1 aromatic rings. The molecule has 7 nitrogen and oxygen atoms in total. The summed E-state index contributed by atoms with van der Waals surface area (Å²) in [7, 11) is 0. The van der Waals surface area contributed by atoms with Crippen LogP contribution in [0.1, 0.15) is 18.9 Å². The van der Waals surface area contributed by atoms with Crippen molar-refractivity contribution >= 4 is 34.3 Å². The van der Waals surface area contributed by atoms with Gasteiger partial charge in [-0.05, 0) is 23.2 Å². The molecule has 0 fully saturated rings. The number of fused-ring (bicyclic) bond motifs is 5. The highest BCUT2D eigenvalue weighted by Gasteiger charge is 2.20. The van der Waals surface area contributed by atoms with Crippen molar-refractivity contribution in [1.29, 1.82) is 0 Å². The molecule has 2 bridgehead atoms. The van der Waals surface area contributed by atoms with Gasteiger partial charge in [-0.25, -0.2) is 4.79 Å². The van der Waals surface area contributed by atoms with Crippen LogP contribution in [0, 0.1) is 10.1 Å². The van der Waals surface area contributed by atoms with Gasteiger partial charge in [0.05, 0.1) is 4.92 Å². The Kier molecular flexibility index (Phi) is 5.25. The zero-order valence-electron chi connectivity index (χ0n) is 10.0. The second-order valence-corrected chi connectivity index (χ2v) is 3.94. The number of nitro groups is 1. The number of nitrogens with one attached hydrogen (secondary N) is 1. The van der Waals surface area contributed by atoms with E-state index in [1.54, 1.807) is 13.0 Å². The van der Waals surface area contributed by atoms with Gasteiger partial charge in [0.25, 0.3) is 5.69 Å². The number of hydrogen-bond acceptors (Lipinski definition) is 5. The Balaban J connectivity index is 0.000000312. The highest BCUT2D eigenvalue weighted by molar-refractivity contribution is 6.63. The number of amides is 1. The summed E-state index contributed by atoms with van der Waals surface area (Å²) in [5.41, 5.74) is 0.651. The quantitative estimate of drug-likeness (QED) is 0.512. The minimum atomic E-state index is -0.672. The first kappa shape index (κ1) is 14.9. The van der Waals surface area contributed by atoms with Crippen LogP contribution in [0.25, 0.3) is 0 Å². The number of halogens is 1. The lowest BCUT2D eigenvalue weighted by molar-refractivity contribution is -0.384. The van der Waals surface area contributed by atoms with Gasteiger partial charge in [0.2, 0.25) is 5.24 Å². The van der Waals surface area contributed by atoms with Crippen LogP contribution in [-0.2, 0) is 16.1 Å². The predicted molar refractivity (Wildman–Crippen MR) is 68.1 cm³/mol. The molecular weight excluding hydrogens is 276 g/mol. The van der Waals surface area contributed by atoms with E-state index in [1.807, 2.05) is 0 Å². The molecule has 0 spiro atoms. The Morgan fingerprint density at radius 1 is 1.58 bits per heavy atom. The topological polar surface area (TPSA) is 98.5 Å². The Morgan fingerprint density at radius 3 is 2.74 bits per heavy atom. The Labute approximate surface area is 113 Å². The van der Waals surface area contributed by atoms with E-state index >= 15 is 0 Å². The van der Waals surface area contributed by atoms with Crippen molar-refractivity contribution in [2.45, 2.75) is 20.0 Å². The first-order valence-electron chi connectivity index (χ1n) is 5.33. The van der Waals surface area contributed by atoms with E-state index in [0.717, 1.165) is 0 Å². The Morgan fingerprint density at radius 2 is 2.21 bits per heavy atom. The minimum Gasteiger partial charge on any atom is -0.444 e. The van der Waals surface area contributed by atoms with Crippen LogP contribution in [0.4, 0.5) is 16.2 Å². The fourth-order valence-corrected chi connectivity index (χ4v) is 1.22. The van der Waals surface area contributed by atoms with Crippen LogP contribution in [0.15, 0.2) is 18.2 Å². The van der Waals surface area contributed by atoms with E-state index in [4.69, 9.17) is 16.3 Å². The maximum Gasteiger partial charge on any atom is 0.412 e. The van der Waals surface area contributed by atoms with Crippen molar-refractivity contribution in [3.05, 3.63) is 33.9 Å². The minimum absolute atomic E-state index is 0.0486. The Bertz CT molecular complexity index is 518. The van der Waals surface area contributed by atoms with Gasteiger partial charge >= 0.3 is 6.09 Å². The predicted octanol–water partition coefficient (Wildman–Crippen LogP) is 2.82. The molecule has 102 valence electrons. The van der Waals surface area contributed by atoms with Crippen molar-refractivity contribution in [1.82, 2.24) is 0 Å². The van der Waals surface area contributed by atoms with Crippen molar-refractivity contribution in [2.24, 2.45) is 0 Å². The van der Waals surface area contributed by atoms with Crippen LogP contribution >= 0.6 is 11.6 Å². The summed E-state index contributed by atoms with van der Waals surface area (Å²) in [6.45, 7) is 1.77. The fraction of sp³-hybridized carbons (Fsp3) is 0.273. The van der Waals surface area contributed by atoms with Crippen LogP contribution in [0.5, 0.6) is 0 Å². The fourth-order valence-electron chi connectivity index (χ4n) is 1.22. The second kappa shape index (κ2) is 6.69. The number of carbonyl (C=O) groups excluding carboxylic acids is 2. The normalized spacial score (nSPS) is 12.2. The van der Waals surface area contributed by atoms with E-state index in [9.17, 15) is 19.7 Å². The molecule has 0 saturated heterocycles. The van der Waals surface area contributed by atoms with Crippen molar-refractivity contribution in [3.8, 4) is 0 Å². The van der Waals surface area contributed by atoms with Gasteiger partial charge in [-0.3, -0.25) is 20.2 Å². The molecule has 0 atom stereocenters. The number of anilines is 1. The molecule has 2 aliphatic heterocycles. The lowest BCUT2D eigenvalue weighted by atomic mass is 10.1. The lowest BCUT2D eigenvalue weighted by Gasteiger charge is -2.12. The second-order valence-electron chi connectivity index (χ2n) is 3.52. The molecular formula is C11H11ClN2O5. The van der Waals surface area contributed by atoms with Gasteiger partial charge in [0.1, 0.15) is 12.3 Å². The third-order valence-electron chi connectivity index (χ3n) is 2.14. The van der Waals surface area contributed by atoms with Gasteiger partial charge in [0, 0.05) is 12.5 Å². The van der Waals surface area contributed by atoms with E-state index < -0.39 is 11.0 Å². The van der Waals surface area contributed by atoms with E-state index in [2.05, 4.69) is 5.32 Å². The number of nitrogens with zero attached hydrogens (tertiary/aromatic N) is 1. The zero-order chi connectivity index (χ0) is 14.4. The number of ether oxygens (including phenoxy) is 1. The standard InChI is InChI=1S/C8H6N2O4.C3H5ClO/c11-8-9-6-2-1-5(4-14-8)3-7(6)10(12)13;1-2-3(4)5/h1-3H,4H2,(H,9,11);2H2,1H3. The third-order valence-corrected chi connectivity index (χ3v) is 2.41. The molecule has 0 aliphatic carbocycles. The van der Waals surface area contributed by atoms with Crippen LogP contribution in [0.2, 0.25) is 0 Å². The number of carbonyl (C=O) groups is 2. The van der Waals surface area contributed by atoms with E-state index in [0.29, 0.717) is 12.0 Å². The third kappa shape index (κ3) is 4.55. The Hall–Kier alpha value is -2.15. The summed E-state index contributed by atoms with van der Waals surface area (Å²) >= 11 is 4.82. The molecule has 1 aromatic carbocycles. The van der Waals surface area contributed by atoms with E-state index in [-0.39, 0.29) is 23.2 Å². The molecule has 2 heterocycles. The molecule has 3 rings (SSSR count). The highest BCUT2D eigenvalue weighted by atomic mass is 35.5. The number of hydrogen-bond donors (Lipinski definition) is 1. The maximum absolute atomic E-state index is 10.9. The van der Waals surface area contributed by atoms with Gasteiger partial charge < -0.3 is 4.74 Å². The van der Waals surface area contributed by atoms with Gasteiger partial charge in [-0.15, -0.1) is 0 Å². The van der Waals surface area contributed by atoms with Gasteiger partial charge in [-0.1, -0.05) is 13.0 Å². The first-order chi connectivity index (χ1) is 8.93. The molecule has 8 heteroatoms. The molecule has 2 aliphatic rings. The SMILES string of the molecule is CCC(=O)Cl.O=C1Nc2ccc(cc2[N+](=O)[O-])CO1. The van der Waals surface area contributed by atoms with Crippen LogP contribution < -0.4 is 5.32 Å². The number of rotatable bonds is 2. The average Bonchev–Trinajstić information content (AvgIpc) is 2.34. The monoisotopic (exact) mass is 286 g/mol. The van der Waals surface area contributed by atoms with Crippen molar-refractivity contribution in [2.75, 3.05) is 5.32 Å². The molecule has 1 amide bonds. The van der Waals surface area contributed by atoms with E-state index in [1.165, 1.54) is 12.1 Å². The summed E-state index contributed by atoms with van der Waals surface area (Å²) in [5.74, 6) is 0. The summed E-state index contributed by atoms with van der Waals surface area (Å²) in [4.78, 5) is 30.6. The lowest BCUT2D eigenvalue weighted by Crippen LogP contribution is -2.17. The number of nitro benzene ring substituents is 1. The van der Waals surface area contributed by atoms with Crippen LogP contribution in [-0.4, -0.2) is 16.3 Å². The molecule has 1 N–H and O–H groups in total. The van der Waals surface area contributed by atoms with Gasteiger partial charge in [0.15, 0.2) is 0 Å². The summed E-state index contributed by atoms with van der Waals surface area (Å²) < 4.78 is 4.72. The molecule has 0 radical (unpaired) electrons. The van der Waals surface area contributed by atoms with Gasteiger partial charge in [-0.2, -0.15) is 0 Å². The largest absolute Gasteiger partial charge is 0.444 e. The molecule has 0 aromatic heterocycles. The average molecular weight is 287 g/mol.